The fourth-order valence-electron chi connectivity index (χ4n) is 2.45. The second-order valence-electron chi connectivity index (χ2n) is 4.80. The van der Waals surface area contributed by atoms with E-state index in [4.69, 9.17) is 5.73 Å². The fourth-order valence-corrected chi connectivity index (χ4v) is 3.05. The molecular formula is C14H21ClN2OS. The van der Waals surface area contributed by atoms with Crippen molar-refractivity contribution in [1.82, 2.24) is 5.32 Å². The molecule has 1 aliphatic rings. The van der Waals surface area contributed by atoms with Crippen LogP contribution in [0.15, 0.2) is 29.2 Å². The van der Waals surface area contributed by atoms with Crippen molar-refractivity contribution >= 4 is 30.1 Å². The normalized spacial score (nSPS) is 22.4. The number of halogens is 1. The molecule has 3 N–H and O–H groups in total. The first-order chi connectivity index (χ1) is 8.70. The summed E-state index contributed by atoms with van der Waals surface area (Å²) in [6.45, 7) is 0. The minimum atomic E-state index is 0. The summed E-state index contributed by atoms with van der Waals surface area (Å²) in [5.74, 6) is 0.0269. The molecule has 1 aromatic carbocycles. The quantitative estimate of drug-likeness (QED) is 0.844. The van der Waals surface area contributed by atoms with Crippen LogP contribution >= 0.6 is 24.2 Å². The summed E-state index contributed by atoms with van der Waals surface area (Å²) in [4.78, 5) is 13.3. The molecule has 0 saturated heterocycles. The SMILES string of the molecule is CSc1ccccc1C(=O)NC1CCCC(N)C1.Cl. The lowest BCUT2D eigenvalue weighted by Gasteiger charge is -2.27. The summed E-state index contributed by atoms with van der Waals surface area (Å²) in [7, 11) is 0. The van der Waals surface area contributed by atoms with Crippen molar-refractivity contribution in [3.63, 3.8) is 0 Å². The average molecular weight is 301 g/mol. The summed E-state index contributed by atoms with van der Waals surface area (Å²) in [6.07, 6.45) is 6.11. The van der Waals surface area contributed by atoms with E-state index in [1.807, 2.05) is 30.5 Å². The predicted molar refractivity (Wildman–Crippen MR) is 83.2 cm³/mol. The summed E-state index contributed by atoms with van der Waals surface area (Å²) >= 11 is 1.60. The van der Waals surface area contributed by atoms with Gasteiger partial charge in [-0.15, -0.1) is 24.2 Å². The van der Waals surface area contributed by atoms with Crippen LogP contribution in [0.5, 0.6) is 0 Å². The number of thioether (sulfide) groups is 1. The maximum absolute atomic E-state index is 12.2. The van der Waals surface area contributed by atoms with Gasteiger partial charge >= 0.3 is 0 Å². The zero-order valence-corrected chi connectivity index (χ0v) is 12.7. The molecule has 0 aromatic heterocycles. The number of hydrogen-bond donors (Lipinski definition) is 2. The van der Waals surface area contributed by atoms with Gasteiger partial charge in [-0.1, -0.05) is 12.1 Å². The molecule has 1 amide bonds. The number of carbonyl (C=O) groups is 1. The first kappa shape index (κ1) is 16.3. The molecule has 0 heterocycles. The highest BCUT2D eigenvalue weighted by molar-refractivity contribution is 7.98. The Hall–Kier alpha value is -0.710. The van der Waals surface area contributed by atoms with Crippen molar-refractivity contribution in [3.05, 3.63) is 29.8 Å². The van der Waals surface area contributed by atoms with Crippen LogP contribution in [0.25, 0.3) is 0 Å². The Morgan fingerprint density at radius 1 is 1.37 bits per heavy atom. The lowest BCUT2D eigenvalue weighted by atomic mass is 9.91. The number of benzene rings is 1. The molecule has 0 aliphatic heterocycles. The summed E-state index contributed by atoms with van der Waals surface area (Å²) in [5.41, 5.74) is 6.71. The number of hydrogen-bond acceptors (Lipinski definition) is 3. The van der Waals surface area contributed by atoms with Crippen molar-refractivity contribution in [2.75, 3.05) is 6.26 Å². The smallest absolute Gasteiger partial charge is 0.252 e. The highest BCUT2D eigenvalue weighted by atomic mass is 35.5. The van der Waals surface area contributed by atoms with Crippen LogP contribution < -0.4 is 11.1 Å². The summed E-state index contributed by atoms with van der Waals surface area (Å²) in [5, 5.41) is 3.11. The highest BCUT2D eigenvalue weighted by Crippen LogP contribution is 2.21. The van der Waals surface area contributed by atoms with Gasteiger partial charge in [-0.05, 0) is 44.1 Å². The predicted octanol–water partition coefficient (Wildman–Crippen LogP) is 2.83. The third-order valence-corrected chi connectivity index (χ3v) is 4.20. The van der Waals surface area contributed by atoms with Crippen LogP contribution in [-0.2, 0) is 0 Å². The van der Waals surface area contributed by atoms with Crippen molar-refractivity contribution in [3.8, 4) is 0 Å². The van der Waals surface area contributed by atoms with Gasteiger partial charge in [0, 0.05) is 17.0 Å². The van der Waals surface area contributed by atoms with Gasteiger partial charge < -0.3 is 11.1 Å². The average Bonchev–Trinajstić information content (AvgIpc) is 2.38. The molecule has 1 aliphatic carbocycles. The Morgan fingerprint density at radius 3 is 2.79 bits per heavy atom. The molecule has 106 valence electrons. The van der Waals surface area contributed by atoms with Crippen LogP contribution in [0, 0.1) is 0 Å². The molecule has 3 nitrogen and oxygen atoms in total. The topological polar surface area (TPSA) is 55.1 Å². The van der Waals surface area contributed by atoms with Crippen molar-refractivity contribution < 1.29 is 4.79 Å². The van der Waals surface area contributed by atoms with E-state index in [9.17, 15) is 4.79 Å². The van der Waals surface area contributed by atoms with E-state index >= 15 is 0 Å². The van der Waals surface area contributed by atoms with E-state index < -0.39 is 0 Å². The molecule has 0 bridgehead atoms. The van der Waals surface area contributed by atoms with Crippen molar-refractivity contribution in [2.24, 2.45) is 5.73 Å². The molecule has 2 unspecified atom stereocenters. The zero-order valence-electron chi connectivity index (χ0n) is 11.1. The van der Waals surface area contributed by atoms with Crippen LogP contribution in [-0.4, -0.2) is 24.2 Å². The van der Waals surface area contributed by atoms with Crippen molar-refractivity contribution in [1.29, 1.82) is 0 Å². The number of rotatable bonds is 3. The van der Waals surface area contributed by atoms with E-state index in [1.165, 1.54) is 0 Å². The molecule has 0 radical (unpaired) electrons. The zero-order chi connectivity index (χ0) is 13.0. The van der Waals surface area contributed by atoms with Crippen LogP contribution in [0.2, 0.25) is 0 Å². The van der Waals surface area contributed by atoms with E-state index in [0.29, 0.717) is 0 Å². The standard InChI is InChI=1S/C14H20N2OS.ClH/c1-18-13-8-3-2-7-12(13)14(17)16-11-6-4-5-10(15)9-11;/h2-3,7-8,10-11H,4-6,9,15H2,1H3,(H,16,17);1H. The first-order valence-electron chi connectivity index (χ1n) is 6.40. The van der Waals surface area contributed by atoms with Crippen LogP contribution in [0.4, 0.5) is 0 Å². The largest absolute Gasteiger partial charge is 0.349 e. The summed E-state index contributed by atoms with van der Waals surface area (Å²) in [6, 6.07) is 8.19. The van der Waals surface area contributed by atoms with Gasteiger partial charge in [0.25, 0.3) is 5.91 Å². The van der Waals surface area contributed by atoms with Crippen LogP contribution in [0.3, 0.4) is 0 Å². The van der Waals surface area contributed by atoms with Gasteiger partial charge in [0.2, 0.25) is 0 Å². The lowest BCUT2D eigenvalue weighted by Crippen LogP contribution is -2.42. The number of carbonyl (C=O) groups excluding carboxylic acids is 1. The monoisotopic (exact) mass is 300 g/mol. The van der Waals surface area contributed by atoms with Gasteiger partial charge in [0.1, 0.15) is 0 Å². The Labute approximate surface area is 125 Å². The second kappa shape index (κ2) is 7.78. The Kier molecular flexibility index (Phi) is 6.69. The Balaban J connectivity index is 0.00000180. The fraction of sp³-hybridized carbons (Fsp3) is 0.500. The molecular weight excluding hydrogens is 280 g/mol. The number of amides is 1. The first-order valence-corrected chi connectivity index (χ1v) is 7.62. The maximum atomic E-state index is 12.2. The molecule has 1 saturated carbocycles. The van der Waals surface area contributed by atoms with Crippen LogP contribution in [0.1, 0.15) is 36.0 Å². The lowest BCUT2D eigenvalue weighted by molar-refractivity contribution is 0.0922. The third kappa shape index (κ3) is 4.41. The van der Waals surface area contributed by atoms with Gasteiger partial charge in [-0.25, -0.2) is 0 Å². The highest BCUT2D eigenvalue weighted by Gasteiger charge is 2.21. The molecule has 1 fully saturated rings. The second-order valence-corrected chi connectivity index (χ2v) is 5.65. The van der Waals surface area contributed by atoms with E-state index in [2.05, 4.69) is 5.32 Å². The van der Waals surface area contributed by atoms with Gasteiger partial charge in [-0.2, -0.15) is 0 Å². The van der Waals surface area contributed by atoms with E-state index in [1.54, 1.807) is 11.8 Å². The van der Waals surface area contributed by atoms with Gasteiger partial charge in [-0.3, -0.25) is 4.79 Å². The Morgan fingerprint density at radius 2 is 2.11 bits per heavy atom. The third-order valence-electron chi connectivity index (χ3n) is 3.40. The molecule has 0 spiro atoms. The van der Waals surface area contributed by atoms with Gasteiger partial charge in [0.15, 0.2) is 0 Å². The number of nitrogens with two attached hydrogens (primary N) is 1. The van der Waals surface area contributed by atoms with Gasteiger partial charge in [0.05, 0.1) is 5.56 Å². The molecule has 2 rings (SSSR count). The maximum Gasteiger partial charge on any atom is 0.252 e. The molecule has 19 heavy (non-hydrogen) atoms. The van der Waals surface area contributed by atoms with E-state index in [-0.39, 0.29) is 30.4 Å². The minimum absolute atomic E-state index is 0. The number of nitrogens with one attached hydrogen (secondary N) is 1. The summed E-state index contributed by atoms with van der Waals surface area (Å²) < 4.78 is 0. The minimum Gasteiger partial charge on any atom is -0.349 e. The van der Waals surface area contributed by atoms with Crippen molar-refractivity contribution in [2.45, 2.75) is 42.7 Å². The molecule has 1 aromatic rings. The van der Waals surface area contributed by atoms with E-state index in [0.717, 1.165) is 36.1 Å². The Bertz CT molecular complexity index is 428. The molecule has 5 heteroatoms. The molecule has 2 atom stereocenters.